The molecular formula is C65H102N3O11P. The topological polar surface area (TPSA) is 171 Å². The first-order chi connectivity index (χ1) is 37.8. The van der Waals surface area contributed by atoms with Gasteiger partial charge in [0, 0.05) is 30.9 Å². The van der Waals surface area contributed by atoms with Gasteiger partial charge in [-0.15, -0.1) is 0 Å². The number of hydrogen-bond acceptors (Lipinski definition) is 13. The molecule has 1 aliphatic carbocycles. The van der Waals surface area contributed by atoms with Crippen LogP contribution in [0.1, 0.15) is 127 Å². The Hall–Kier alpha value is -3.37. The van der Waals surface area contributed by atoms with Gasteiger partial charge in [0.1, 0.15) is 17.8 Å². The van der Waals surface area contributed by atoms with Crippen LogP contribution in [0.3, 0.4) is 0 Å². The van der Waals surface area contributed by atoms with Crippen molar-refractivity contribution in [3.05, 3.63) is 91.0 Å². The first-order valence-electron chi connectivity index (χ1n) is 30.1. The summed E-state index contributed by atoms with van der Waals surface area (Å²) >= 11 is 0. The number of hydrogen-bond donors (Lipinski definition) is 4. The number of carbonyl (C=O) groups excluding carboxylic acids is 2. The van der Waals surface area contributed by atoms with E-state index in [-0.39, 0.29) is 42.9 Å². The van der Waals surface area contributed by atoms with E-state index >= 15 is 4.79 Å². The third-order valence-electron chi connectivity index (χ3n) is 20.0. The summed E-state index contributed by atoms with van der Waals surface area (Å²) < 4.78 is 32.9. The van der Waals surface area contributed by atoms with E-state index < -0.39 is 96.1 Å². The summed E-state index contributed by atoms with van der Waals surface area (Å²) in [6, 6.07) is 31.8. The zero-order valence-corrected chi connectivity index (χ0v) is 51.9. The van der Waals surface area contributed by atoms with Crippen LogP contribution in [0, 0.1) is 29.1 Å². The van der Waals surface area contributed by atoms with Crippen molar-refractivity contribution in [3.63, 3.8) is 0 Å². The van der Waals surface area contributed by atoms with E-state index in [0.29, 0.717) is 51.7 Å². The fourth-order valence-corrected chi connectivity index (χ4v) is 19.7. The number of benzene rings is 3. The molecule has 0 bridgehead atoms. The molecule has 0 radical (unpaired) electrons. The molecule has 0 aromatic heterocycles. The number of ether oxygens (including phenoxy) is 5. The Morgan fingerprint density at radius 2 is 1.38 bits per heavy atom. The minimum atomic E-state index is -2.52. The number of rotatable bonds is 18. The Morgan fingerprint density at radius 1 is 0.800 bits per heavy atom. The summed E-state index contributed by atoms with van der Waals surface area (Å²) in [5, 5.41) is 53.1. The maximum atomic E-state index is 15.0. The van der Waals surface area contributed by atoms with Gasteiger partial charge in [-0.2, -0.15) is 0 Å². The first-order valence-corrected chi connectivity index (χ1v) is 32.3. The van der Waals surface area contributed by atoms with Gasteiger partial charge in [-0.3, -0.25) is 4.79 Å². The number of likely N-dealkylation sites (N-methyl/N-ethyl adjacent to an activating group) is 1. The molecule has 4 aliphatic rings. The summed E-state index contributed by atoms with van der Waals surface area (Å²) in [4.78, 5) is 35.3. The first kappa shape index (κ1) is 64.2. The van der Waals surface area contributed by atoms with E-state index in [1.54, 1.807) is 14.0 Å². The zero-order valence-electron chi connectivity index (χ0n) is 50.9. The summed E-state index contributed by atoms with van der Waals surface area (Å²) in [5.41, 5.74) is -4.22. The van der Waals surface area contributed by atoms with E-state index in [1.165, 1.54) is 15.9 Å². The second-order valence-corrected chi connectivity index (χ2v) is 30.0. The second kappa shape index (κ2) is 26.7. The minimum absolute atomic E-state index is 0.123. The summed E-state index contributed by atoms with van der Waals surface area (Å²) in [5.74, 6) is -2.47. The molecule has 0 spiro atoms. The van der Waals surface area contributed by atoms with Gasteiger partial charge >= 0.3 is 224 Å². The molecule has 80 heavy (non-hydrogen) atoms. The Morgan fingerprint density at radius 3 is 1.91 bits per heavy atom. The van der Waals surface area contributed by atoms with Crippen LogP contribution in [0.25, 0.3) is 0 Å². The molecule has 1 unspecified atom stereocenters. The van der Waals surface area contributed by atoms with Crippen LogP contribution >= 0.6 is 7.26 Å². The van der Waals surface area contributed by atoms with E-state index in [9.17, 15) is 25.2 Å². The normalized spacial score (nSPS) is 37.9. The number of aliphatic hydroxyl groups excluding tert-OH is 3. The molecule has 3 aromatic carbocycles. The van der Waals surface area contributed by atoms with Crippen LogP contribution < -0.4 is 15.9 Å². The second-order valence-electron chi connectivity index (χ2n) is 26.0. The molecule has 3 saturated heterocycles. The summed E-state index contributed by atoms with van der Waals surface area (Å²) in [6.07, 6.45) is -0.761. The number of esters is 1. The molecule has 3 heterocycles. The van der Waals surface area contributed by atoms with Crippen molar-refractivity contribution in [2.24, 2.45) is 29.1 Å². The number of unbranched alkanes of at least 4 members (excludes halogenated alkanes) is 2. The minimum Gasteiger partial charge on any atom is -0.458 e. The van der Waals surface area contributed by atoms with Crippen molar-refractivity contribution in [1.82, 2.24) is 14.7 Å². The van der Waals surface area contributed by atoms with Gasteiger partial charge < -0.3 is 49.0 Å². The third kappa shape index (κ3) is 13.6. The van der Waals surface area contributed by atoms with Crippen LogP contribution in [0.2, 0.25) is 0 Å². The van der Waals surface area contributed by atoms with Crippen LogP contribution in [0.5, 0.6) is 0 Å². The van der Waals surface area contributed by atoms with E-state index in [2.05, 4.69) is 110 Å². The van der Waals surface area contributed by atoms with E-state index in [0.717, 1.165) is 19.0 Å². The molecular weight excluding hydrogens is 1030 g/mol. The van der Waals surface area contributed by atoms with Gasteiger partial charge in [0.15, 0.2) is 6.29 Å². The molecule has 448 valence electrons. The van der Waals surface area contributed by atoms with E-state index in [1.807, 2.05) is 79.4 Å². The Bertz CT molecular complexity index is 2340. The summed E-state index contributed by atoms with van der Waals surface area (Å²) in [6.45, 7) is 21.3. The number of amides is 1. The number of nitrogens with zero attached hydrogens (tertiary/aromatic N) is 3. The van der Waals surface area contributed by atoms with Gasteiger partial charge in [-0.05, 0) is 73.4 Å². The monoisotopic (exact) mass is 1130 g/mol. The van der Waals surface area contributed by atoms with Crippen molar-refractivity contribution < 1.29 is 53.7 Å². The van der Waals surface area contributed by atoms with Gasteiger partial charge in [0.2, 0.25) is 0 Å². The maximum absolute atomic E-state index is 15.0. The molecule has 3 aliphatic heterocycles. The standard InChI is InChI=1S/C65H102N3O11P/c1-15-65-42-62(65,8)57(71)47(6)68(35-27-19-26-34-54(69)67(13)36-37-80(49-28-20-16-21-29-49,50-30-22-17-23-31-50)51-32-24-18-25-33-51)41-43(2)39-63(9,74)59(78-61-56(70)52(66(11)12)38-44(3)76-61)45(4)55(46(5)60(73)79-65)53-40-64(10,75-14)58(72)48(7)77-53/h16-18,20-25,28-33,43-48,52-53,55-59,61,70-72,74,80H,15,19,26-27,34-42H2,1-14H3/t43-,44-,45+,46-,47-,48+,52+,53?,55+,56-,57-,58+,59-,61+,62+,63-,64-,65-/m1/s1. The molecule has 15 heteroatoms. The Balaban J connectivity index is 1.12. The Labute approximate surface area is 480 Å². The fourth-order valence-electron chi connectivity index (χ4n) is 14.9. The van der Waals surface area contributed by atoms with Gasteiger partial charge in [0.25, 0.3) is 0 Å². The van der Waals surface area contributed by atoms with Gasteiger partial charge in [-0.25, -0.2) is 0 Å². The number of carbonyl (C=O) groups is 2. The molecule has 3 aromatic rings. The van der Waals surface area contributed by atoms with E-state index in [4.69, 9.17) is 23.7 Å². The zero-order chi connectivity index (χ0) is 58.5. The average molecular weight is 1130 g/mol. The van der Waals surface area contributed by atoms with Crippen LogP contribution in [0.15, 0.2) is 91.0 Å². The molecule has 1 saturated carbocycles. The van der Waals surface area contributed by atoms with Crippen molar-refractivity contribution in [3.8, 4) is 0 Å². The summed E-state index contributed by atoms with van der Waals surface area (Å²) in [7, 11) is 4.84. The van der Waals surface area contributed by atoms with Crippen LogP contribution in [-0.4, -0.2) is 179 Å². The molecule has 4 N–H and O–H groups in total. The molecule has 4 fully saturated rings. The Kier molecular flexibility index (Phi) is 21.4. The quantitative estimate of drug-likeness (QED) is 0.0569. The van der Waals surface area contributed by atoms with Crippen LogP contribution in [0.4, 0.5) is 0 Å². The SMILES string of the molecule is CC[C@@]12C[C@@]1(C)[C@H](O)[C@@H](C)N(CCCCCC(=O)N(C)CC[PH](c1ccccc1)(c1ccccc1)c1ccccc1)C[C@H](C)C[C@@](C)(O)[C@H](O[C@@H]1O[C@H](C)C[C@H](N(C)C)[C@H]1O)[C@@H](C)[C@H](C1C[C@@](C)(OC)[C@@H](O)[C@H](C)O1)[C@@H](C)C(=O)O2. The van der Waals surface area contributed by atoms with Crippen molar-refractivity contribution in [2.45, 2.75) is 205 Å². The smallest absolute Gasteiger partial charge is 0.458 e. The van der Waals surface area contributed by atoms with Gasteiger partial charge in [-0.1, -0.05) is 34.6 Å². The fraction of sp³-hybridized carbons (Fsp3) is 0.692. The molecule has 18 atom stereocenters. The molecule has 14 nitrogen and oxygen atoms in total. The van der Waals surface area contributed by atoms with Crippen molar-refractivity contribution >= 4 is 35.1 Å². The van der Waals surface area contributed by atoms with Crippen LogP contribution in [-0.2, 0) is 33.3 Å². The third-order valence-corrected chi connectivity index (χ3v) is 24.9. The number of aliphatic hydroxyl groups is 4. The predicted octanol–water partition coefficient (Wildman–Crippen LogP) is 7.32. The molecule has 1 amide bonds. The number of methoxy groups -OCH3 is 1. The van der Waals surface area contributed by atoms with Crippen molar-refractivity contribution in [1.29, 1.82) is 0 Å². The molecule has 7 rings (SSSR count). The van der Waals surface area contributed by atoms with Crippen molar-refractivity contribution in [2.75, 3.05) is 54.0 Å². The number of fused-ring (bicyclic) bond motifs is 1. The average Bonchev–Trinajstić information content (AvgIpc) is 4.27. The predicted molar refractivity (Wildman–Crippen MR) is 320 cm³/mol. The van der Waals surface area contributed by atoms with Gasteiger partial charge in [0.05, 0.1) is 41.5 Å².